The average Bonchev–Trinajstić information content (AvgIpc) is 3.17. The standard InChI is InChI=1S/C20H27N3OS/c1-4-21(5-2)17-8-9-18(16(3)15-17)22-10-12-23(13-11-22)20(24)19-7-6-14-25-19/h6-9,14-15H,4-5,10-13H2,1-3H3. The normalized spacial score (nSPS) is 14.7. The molecule has 1 aliphatic heterocycles. The van der Waals surface area contributed by atoms with E-state index in [0.29, 0.717) is 0 Å². The van der Waals surface area contributed by atoms with Crippen molar-refractivity contribution in [1.82, 2.24) is 4.90 Å². The smallest absolute Gasteiger partial charge is 0.264 e. The molecule has 2 heterocycles. The zero-order valence-corrected chi connectivity index (χ0v) is 16.2. The molecule has 1 amide bonds. The van der Waals surface area contributed by atoms with Crippen LogP contribution in [0.2, 0.25) is 0 Å². The Kier molecular flexibility index (Phi) is 5.63. The summed E-state index contributed by atoms with van der Waals surface area (Å²) >= 11 is 1.52. The molecule has 25 heavy (non-hydrogen) atoms. The lowest BCUT2D eigenvalue weighted by atomic mass is 10.1. The van der Waals surface area contributed by atoms with Crippen molar-refractivity contribution < 1.29 is 4.79 Å². The third kappa shape index (κ3) is 3.82. The van der Waals surface area contributed by atoms with Gasteiger partial charge in [-0.25, -0.2) is 0 Å². The molecule has 0 spiro atoms. The van der Waals surface area contributed by atoms with Crippen LogP contribution in [0.4, 0.5) is 11.4 Å². The zero-order valence-electron chi connectivity index (χ0n) is 15.4. The molecule has 0 radical (unpaired) electrons. The maximum absolute atomic E-state index is 12.5. The molecular weight excluding hydrogens is 330 g/mol. The van der Waals surface area contributed by atoms with Crippen LogP contribution in [0.5, 0.6) is 0 Å². The number of piperazine rings is 1. The van der Waals surface area contributed by atoms with Crippen molar-refractivity contribution in [3.8, 4) is 0 Å². The molecule has 0 unspecified atom stereocenters. The van der Waals surface area contributed by atoms with E-state index >= 15 is 0 Å². The Morgan fingerprint density at radius 3 is 2.40 bits per heavy atom. The van der Waals surface area contributed by atoms with E-state index in [1.807, 2.05) is 22.4 Å². The minimum Gasteiger partial charge on any atom is -0.372 e. The summed E-state index contributed by atoms with van der Waals surface area (Å²) in [5.74, 6) is 0.170. The molecule has 1 fully saturated rings. The first kappa shape index (κ1) is 17.8. The number of aryl methyl sites for hydroxylation is 1. The summed E-state index contributed by atoms with van der Waals surface area (Å²) in [5.41, 5.74) is 3.89. The fourth-order valence-electron chi connectivity index (χ4n) is 3.49. The monoisotopic (exact) mass is 357 g/mol. The van der Waals surface area contributed by atoms with Gasteiger partial charge in [0.25, 0.3) is 5.91 Å². The van der Waals surface area contributed by atoms with E-state index in [1.54, 1.807) is 0 Å². The molecule has 1 aromatic carbocycles. The van der Waals surface area contributed by atoms with Crippen LogP contribution in [0, 0.1) is 6.92 Å². The van der Waals surface area contributed by atoms with Crippen molar-refractivity contribution in [3.63, 3.8) is 0 Å². The highest BCUT2D eigenvalue weighted by Gasteiger charge is 2.23. The van der Waals surface area contributed by atoms with Gasteiger partial charge < -0.3 is 14.7 Å². The second kappa shape index (κ2) is 7.91. The lowest BCUT2D eigenvalue weighted by Gasteiger charge is -2.37. The number of hydrogen-bond donors (Lipinski definition) is 0. The Bertz CT molecular complexity index is 702. The molecule has 0 saturated carbocycles. The highest BCUT2D eigenvalue weighted by atomic mass is 32.1. The molecule has 134 valence electrons. The number of thiophene rings is 1. The number of nitrogens with zero attached hydrogens (tertiary/aromatic N) is 3. The minimum atomic E-state index is 0.170. The van der Waals surface area contributed by atoms with Crippen LogP contribution in [0.3, 0.4) is 0 Å². The summed E-state index contributed by atoms with van der Waals surface area (Å²) in [6.45, 7) is 12.0. The summed E-state index contributed by atoms with van der Waals surface area (Å²) in [5, 5.41) is 1.96. The number of benzene rings is 1. The summed E-state index contributed by atoms with van der Waals surface area (Å²) in [6.07, 6.45) is 0. The molecular formula is C20H27N3OS. The first-order chi connectivity index (χ1) is 12.1. The quantitative estimate of drug-likeness (QED) is 0.813. The van der Waals surface area contributed by atoms with Gasteiger partial charge in [0.2, 0.25) is 0 Å². The van der Waals surface area contributed by atoms with Gasteiger partial charge in [-0.3, -0.25) is 4.79 Å². The molecule has 1 aliphatic rings. The maximum Gasteiger partial charge on any atom is 0.264 e. The van der Waals surface area contributed by atoms with Crippen molar-refractivity contribution in [2.75, 3.05) is 49.1 Å². The van der Waals surface area contributed by atoms with Crippen molar-refractivity contribution >= 4 is 28.6 Å². The Morgan fingerprint density at radius 1 is 1.12 bits per heavy atom. The van der Waals surface area contributed by atoms with E-state index in [2.05, 4.69) is 48.8 Å². The van der Waals surface area contributed by atoms with Crippen molar-refractivity contribution in [2.45, 2.75) is 20.8 Å². The van der Waals surface area contributed by atoms with Crippen LogP contribution < -0.4 is 9.80 Å². The Balaban J connectivity index is 1.66. The van der Waals surface area contributed by atoms with E-state index in [-0.39, 0.29) is 5.91 Å². The van der Waals surface area contributed by atoms with Gasteiger partial charge in [0, 0.05) is 50.6 Å². The number of amides is 1. The highest BCUT2D eigenvalue weighted by molar-refractivity contribution is 7.12. The molecule has 1 aromatic heterocycles. The molecule has 0 aliphatic carbocycles. The molecule has 1 saturated heterocycles. The summed E-state index contributed by atoms with van der Waals surface area (Å²) in [6, 6.07) is 10.6. The number of anilines is 2. The SMILES string of the molecule is CCN(CC)c1ccc(N2CCN(C(=O)c3cccs3)CC2)c(C)c1. The molecule has 0 atom stereocenters. The third-order valence-corrected chi connectivity index (χ3v) is 5.81. The van der Waals surface area contributed by atoms with Gasteiger partial charge in [-0.2, -0.15) is 0 Å². The fourth-order valence-corrected chi connectivity index (χ4v) is 4.18. The van der Waals surface area contributed by atoms with Gasteiger partial charge in [0.05, 0.1) is 4.88 Å². The first-order valence-corrected chi connectivity index (χ1v) is 9.95. The first-order valence-electron chi connectivity index (χ1n) is 9.07. The molecule has 5 heteroatoms. The highest BCUT2D eigenvalue weighted by Crippen LogP contribution is 2.27. The van der Waals surface area contributed by atoms with Crippen molar-refractivity contribution in [3.05, 3.63) is 46.2 Å². The van der Waals surface area contributed by atoms with Gasteiger partial charge in [-0.15, -0.1) is 11.3 Å². The van der Waals surface area contributed by atoms with Crippen LogP contribution in [-0.2, 0) is 0 Å². The van der Waals surface area contributed by atoms with E-state index in [9.17, 15) is 4.79 Å². The number of rotatable bonds is 5. The van der Waals surface area contributed by atoms with E-state index in [0.717, 1.165) is 44.1 Å². The van der Waals surface area contributed by atoms with E-state index < -0.39 is 0 Å². The van der Waals surface area contributed by atoms with Crippen LogP contribution in [0.25, 0.3) is 0 Å². The zero-order chi connectivity index (χ0) is 17.8. The third-order valence-electron chi connectivity index (χ3n) is 4.95. The summed E-state index contributed by atoms with van der Waals surface area (Å²) < 4.78 is 0. The largest absolute Gasteiger partial charge is 0.372 e. The van der Waals surface area contributed by atoms with Gasteiger partial charge in [-0.1, -0.05) is 6.07 Å². The lowest BCUT2D eigenvalue weighted by molar-refractivity contribution is 0.0751. The van der Waals surface area contributed by atoms with Crippen molar-refractivity contribution in [1.29, 1.82) is 0 Å². The summed E-state index contributed by atoms with van der Waals surface area (Å²) in [4.78, 5) is 20.1. The Labute approximate surface area is 154 Å². The fraction of sp³-hybridized carbons (Fsp3) is 0.450. The Morgan fingerprint density at radius 2 is 1.84 bits per heavy atom. The summed E-state index contributed by atoms with van der Waals surface area (Å²) in [7, 11) is 0. The number of hydrogen-bond acceptors (Lipinski definition) is 4. The lowest BCUT2D eigenvalue weighted by Crippen LogP contribution is -2.48. The van der Waals surface area contributed by atoms with E-state index in [1.165, 1.54) is 28.3 Å². The van der Waals surface area contributed by atoms with Gasteiger partial charge in [0.1, 0.15) is 0 Å². The second-order valence-corrected chi connectivity index (χ2v) is 7.35. The van der Waals surface area contributed by atoms with Crippen LogP contribution >= 0.6 is 11.3 Å². The van der Waals surface area contributed by atoms with Crippen molar-refractivity contribution in [2.24, 2.45) is 0 Å². The van der Waals surface area contributed by atoms with Gasteiger partial charge in [0.15, 0.2) is 0 Å². The maximum atomic E-state index is 12.5. The van der Waals surface area contributed by atoms with Gasteiger partial charge >= 0.3 is 0 Å². The van der Waals surface area contributed by atoms with Gasteiger partial charge in [-0.05, 0) is 56.0 Å². The molecule has 3 rings (SSSR count). The predicted molar refractivity (Wildman–Crippen MR) is 107 cm³/mol. The number of carbonyl (C=O) groups excluding carboxylic acids is 1. The van der Waals surface area contributed by atoms with Crippen LogP contribution in [0.15, 0.2) is 35.7 Å². The van der Waals surface area contributed by atoms with Crippen LogP contribution in [0.1, 0.15) is 29.1 Å². The molecule has 4 nitrogen and oxygen atoms in total. The predicted octanol–water partition coefficient (Wildman–Crippen LogP) is 3.87. The average molecular weight is 358 g/mol. The molecule has 2 aromatic rings. The van der Waals surface area contributed by atoms with E-state index in [4.69, 9.17) is 0 Å². The minimum absolute atomic E-state index is 0.170. The molecule has 0 N–H and O–H groups in total. The molecule has 0 bridgehead atoms. The Hall–Kier alpha value is -2.01. The van der Waals surface area contributed by atoms with Crippen LogP contribution in [-0.4, -0.2) is 50.1 Å². The number of carbonyl (C=O) groups is 1. The topological polar surface area (TPSA) is 26.8 Å². The second-order valence-electron chi connectivity index (χ2n) is 6.40.